The van der Waals surface area contributed by atoms with E-state index >= 15 is 0 Å². The molecule has 0 aromatic carbocycles. The lowest BCUT2D eigenvalue weighted by molar-refractivity contribution is -0.150. The SMILES string of the molecule is CCC1CC1NC(=O)NC1CCC(C(=O)O)C(C)(C)C1C. The Morgan fingerprint density at radius 2 is 1.81 bits per heavy atom. The summed E-state index contributed by atoms with van der Waals surface area (Å²) in [5.41, 5.74) is -0.312. The third kappa shape index (κ3) is 3.33. The summed E-state index contributed by atoms with van der Waals surface area (Å²) in [4.78, 5) is 23.4. The van der Waals surface area contributed by atoms with Gasteiger partial charge in [-0.05, 0) is 36.5 Å². The lowest BCUT2D eigenvalue weighted by Crippen LogP contribution is -2.54. The van der Waals surface area contributed by atoms with E-state index in [9.17, 15) is 14.7 Å². The summed E-state index contributed by atoms with van der Waals surface area (Å²) >= 11 is 0. The first-order valence-corrected chi connectivity index (χ1v) is 8.07. The number of aliphatic carboxylic acids is 1. The van der Waals surface area contributed by atoms with Crippen LogP contribution in [-0.4, -0.2) is 29.2 Å². The second-order valence-corrected chi connectivity index (χ2v) is 7.31. The standard InChI is InChI=1S/C16H28N2O3/c1-5-10-8-13(10)18-15(21)17-12-7-6-11(14(19)20)16(3,4)9(12)2/h9-13H,5-8H2,1-4H3,(H,19,20)(H2,17,18,21). The zero-order valence-electron chi connectivity index (χ0n) is 13.5. The number of carboxylic acids is 1. The third-order valence-electron chi connectivity index (χ3n) is 5.82. The molecule has 5 heteroatoms. The van der Waals surface area contributed by atoms with Crippen LogP contribution in [0.25, 0.3) is 0 Å². The molecule has 5 atom stereocenters. The number of carbonyl (C=O) groups excluding carboxylic acids is 1. The van der Waals surface area contributed by atoms with E-state index in [1.165, 1.54) is 0 Å². The van der Waals surface area contributed by atoms with Gasteiger partial charge in [-0.3, -0.25) is 4.79 Å². The predicted molar refractivity (Wildman–Crippen MR) is 80.9 cm³/mol. The summed E-state index contributed by atoms with van der Waals surface area (Å²) in [6.45, 7) is 8.18. The fourth-order valence-corrected chi connectivity index (χ4v) is 3.70. The van der Waals surface area contributed by atoms with Crippen molar-refractivity contribution in [3.05, 3.63) is 0 Å². The maximum atomic E-state index is 12.1. The predicted octanol–water partition coefficient (Wildman–Crippen LogP) is 2.61. The number of nitrogens with one attached hydrogen (secondary N) is 2. The van der Waals surface area contributed by atoms with Crippen molar-refractivity contribution in [1.29, 1.82) is 0 Å². The molecule has 2 fully saturated rings. The lowest BCUT2D eigenvalue weighted by Gasteiger charge is -2.46. The van der Waals surface area contributed by atoms with E-state index in [-0.39, 0.29) is 29.3 Å². The molecule has 0 aliphatic heterocycles. The molecule has 0 radical (unpaired) electrons. The molecule has 2 aliphatic rings. The van der Waals surface area contributed by atoms with Gasteiger partial charge in [0.15, 0.2) is 0 Å². The normalized spacial score (nSPS) is 37.6. The molecule has 2 rings (SSSR count). The Kier molecular flexibility index (Phi) is 4.49. The smallest absolute Gasteiger partial charge is 0.315 e. The molecule has 0 saturated heterocycles. The molecular weight excluding hydrogens is 268 g/mol. The second kappa shape index (κ2) is 5.85. The van der Waals surface area contributed by atoms with E-state index in [0.29, 0.717) is 18.4 Å². The Morgan fingerprint density at radius 3 is 2.33 bits per heavy atom. The van der Waals surface area contributed by atoms with Crippen LogP contribution in [0.2, 0.25) is 0 Å². The molecule has 3 N–H and O–H groups in total. The largest absolute Gasteiger partial charge is 0.481 e. The van der Waals surface area contributed by atoms with Gasteiger partial charge in [-0.1, -0.05) is 34.1 Å². The Balaban J connectivity index is 1.90. The van der Waals surface area contributed by atoms with Crippen LogP contribution >= 0.6 is 0 Å². The molecule has 5 nitrogen and oxygen atoms in total. The van der Waals surface area contributed by atoms with Crippen LogP contribution in [0.3, 0.4) is 0 Å². The first kappa shape index (κ1) is 16.1. The van der Waals surface area contributed by atoms with Gasteiger partial charge in [0.1, 0.15) is 0 Å². The van der Waals surface area contributed by atoms with Crippen LogP contribution in [0.4, 0.5) is 4.79 Å². The van der Waals surface area contributed by atoms with Crippen molar-refractivity contribution in [2.75, 3.05) is 0 Å². The van der Waals surface area contributed by atoms with Crippen LogP contribution in [0.1, 0.15) is 53.4 Å². The minimum absolute atomic E-state index is 0.0504. The van der Waals surface area contributed by atoms with Crippen LogP contribution in [0.15, 0.2) is 0 Å². The average Bonchev–Trinajstić information content (AvgIpc) is 3.12. The van der Waals surface area contributed by atoms with Gasteiger partial charge in [0.05, 0.1) is 5.92 Å². The molecular formula is C16H28N2O3. The fraction of sp³-hybridized carbons (Fsp3) is 0.875. The van der Waals surface area contributed by atoms with Crippen molar-refractivity contribution in [2.45, 2.75) is 65.5 Å². The molecule has 5 unspecified atom stereocenters. The Hall–Kier alpha value is -1.26. The monoisotopic (exact) mass is 296 g/mol. The van der Waals surface area contributed by atoms with Crippen molar-refractivity contribution < 1.29 is 14.7 Å². The van der Waals surface area contributed by atoms with E-state index in [4.69, 9.17) is 0 Å². The van der Waals surface area contributed by atoms with Crippen LogP contribution in [0, 0.1) is 23.2 Å². The van der Waals surface area contributed by atoms with Crippen molar-refractivity contribution >= 4 is 12.0 Å². The van der Waals surface area contributed by atoms with Gasteiger partial charge in [-0.2, -0.15) is 0 Å². The summed E-state index contributed by atoms with van der Waals surface area (Å²) < 4.78 is 0. The average molecular weight is 296 g/mol. The van der Waals surface area contributed by atoms with Gasteiger partial charge in [0.2, 0.25) is 0 Å². The minimum atomic E-state index is -0.724. The van der Waals surface area contributed by atoms with Crippen molar-refractivity contribution in [1.82, 2.24) is 10.6 Å². The topological polar surface area (TPSA) is 78.4 Å². The highest BCUT2D eigenvalue weighted by Gasteiger charge is 2.47. The summed E-state index contributed by atoms with van der Waals surface area (Å²) in [5, 5.41) is 15.4. The number of hydrogen-bond acceptors (Lipinski definition) is 2. The Morgan fingerprint density at radius 1 is 1.19 bits per heavy atom. The molecule has 2 aliphatic carbocycles. The molecule has 0 bridgehead atoms. The van der Waals surface area contributed by atoms with E-state index in [0.717, 1.165) is 19.3 Å². The van der Waals surface area contributed by atoms with Crippen molar-refractivity contribution in [2.24, 2.45) is 23.2 Å². The molecule has 21 heavy (non-hydrogen) atoms. The zero-order chi connectivity index (χ0) is 15.8. The van der Waals surface area contributed by atoms with E-state index in [1.807, 2.05) is 20.8 Å². The van der Waals surface area contributed by atoms with Crippen LogP contribution < -0.4 is 10.6 Å². The van der Waals surface area contributed by atoms with E-state index < -0.39 is 5.97 Å². The van der Waals surface area contributed by atoms with Crippen molar-refractivity contribution in [3.63, 3.8) is 0 Å². The number of carbonyl (C=O) groups is 2. The molecule has 2 saturated carbocycles. The van der Waals surface area contributed by atoms with Crippen molar-refractivity contribution in [3.8, 4) is 0 Å². The Labute approximate surface area is 126 Å². The number of carboxylic acid groups (broad SMARTS) is 1. The summed E-state index contributed by atoms with van der Waals surface area (Å²) in [6.07, 6.45) is 3.55. The second-order valence-electron chi connectivity index (χ2n) is 7.31. The molecule has 0 spiro atoms. The minimum Gasteiger partial charge on any atom is -0.481 e. The highest BCUT2D eigenvalue weighted by Crippen LogP contribution is 2.45. The van der Waals surface area contributed by atoms with Gasteiger partial charge in [0.25, 0.3) is 0 Å². The maximum absolute atomic E-state index is 12.1. The number of hydrogen-bond donors (Lipinski definition) is 3. The number of amides is 2. The van der Waals surface area contributed by atoms with Gasteiger partial charge in [0, 0.05) is 12.1 Å². The summed E-state index contributed by atoms with van der Waals surface area (Å²) in [6, 6.07) is 0.278. The van der Waals surface area contributed by atoms with E-state index in [2.05, 4.69) is 17.6 Å². The molecule has 0 heterocycles. The summed E-state index contributed by atoms with van der Waals surface area (Å²) in [5.74, 6) is -0.285. The highest BCUT2D eigenvalue weighted by atomic mass is 16.4. The van der Waals surface area contributed by atoms with Crippen LogP contribution in [-0.2, 0) is 4.79 Å². The van der Waals surface area contributed by atoms with Gasteiger partial charge >= 0.3 is 12.0 Å². The lowest BCUT2D eigenvalue weighted by atomic mass is 9.61. The molecule has 2 amide bonds. The first-order valence-electron chi connectivity index (χ1n) is 8.07. The van der Waals surface area contributed by atoms with Gasteiger partial charge in [-0.25, -0.2) is 4.79 Å². The van der Waals surface area contributed by atoms with Gasteiger partial charge in [-0.15, -0.1) is 0 Å². The zero-order valence-corrected chi connectivity index (χ0v) is 13.5. The fourth-order valence-electron chi connectivity index (χ4n) is 3.70. The van der Waals surface area contributed by atoms with E-state index in [1.54, 1.807) is 0 Å². The number of rotatable bonds is 4. The van der Waals surface area contributed by atoms with Gasteiger partial charge < -0.3 is 15.7 Å². The highest BCUT2D eigenvalue weighted by molar-refractivity contribution is 5.75. The summed E-state index contributed by atoms with van der Waals surface area (Å²) in [7, 11) is 0. The van der Waals surface area contributed by atoms with Crippen LogP contribution in [0.5, 0.6) is 0 Å². The third-order valence-corrected chi connectivity index (χ3v) is 5.82. The Bertz CT molecular complexity index is 422. The molecule has 120 valence electrons. The maximum Gasteiger partial charge on any atom is 0.315 e. The first-order chi connectivity index (χ1) is 9.77. The number of urea groups is 1. The quantitative estimate of drug-likeness (QED) is 0.746. The molecule has 0 aromatic heterocycles. The molecule has 0 aromatic rings.